The standard InChI is InChI=1S/C19H23N5O4/c1-12-3-5-14(6-4-12)18(26)23-9-10-24(17(23)16(25)21-8-7-20)19(27)15-11-13(2)28-22-15/h3-6,11,17H,7-10,20H2,1-2H3,(H,21,25). The van der Waals surface area contributed by atoms with Gasteiger partial charge in [0.05, 0.1) is 0 Å². The van der Waals surface area contributed by atoms with Crippen LogP contribution in [0.3, 0.4) is 0 Å². The quantitative estimate of drug-likeness (QED) is 0.763. The highest BCUT2D eigenvalue weighted by Gasteiger charge is 2.43. The van der Waals surface area contributed by atoms with Gasteiger partial charge in [0.15, 0.2) is 11.9 Å². The highest BCUT2D eigenvalue weighted by atomic mass is 16.5. The van der Waals surface area contributed by atoms with E-state index >= 15 is 0 Å². The Kier molecular flexibility index (Phi) is 5.74. The molecule has 1 saturated heterocycles. The number of carbonyl (C=O) groups is 3. The molecule has 0 aliphatic carbocycles. The summed E-state index contributed by atoms with van der Waals surface area (Å²) >= 11 is 0. The highest BCUT2D eigenvalue weighted by Crippen LogP contribution is 2.21. The van der Waals surface area contributed by atoms with E-state index in [1.807, 2.05) is 19.1 Å². The lowest BCUT2D eigenvalue weighted by atomic mass is 10.1. The lowest BCUT2D eigenvalue weighted by Gasteiger charge is -2.28. The van der Waals surface area contributed by atoms with Crippen LogP contribution in [0.2, 0.25) is 0 Å². The summed E-state index contributed by atoms with van der Waals surface area (Å²) in [5, 5.41) is 6.40. The molecule has 1 fully saturated rings. The number of carbonyl (C=O) groups excluding carboxylic acids is 3. The maximum absolute atomic E-state index is 13.0. The zero-order valence-electron chi connectivity index (χ0n) is 15.8. The molecule has 148 valence electrons. The molecular formula is C19H23N5O4. The third-order valence-electron chi connectivity index (χ3n) is 4.52. The number of amides is 3. The van der Waals surface area contributed by atoms with Crippen LogP contribution in [0.5, 0.6) is 0 Å². The number of nitrogens with one attached hydrogen (secondary N) is 1. The Morgan fingerprint density at radius 3 is 2.36 bits per heavy atom. The number of benzene rings is 1. The van der Waals surface area contributed by atoms with E-state index < -0.39 is 18.0 Å². The fourth-order valence-electron chi connectivity index (χ4n) is 3.10. The molecule has 1 aliphatic rings. The predicted molar refractivity (Wildman–Crippen MR) is 100 cm³/mol. The zero-order valence-corrected chi connectivity index (χ0v) is 15.8. The van der Waals surface area contributed by atoms with Gasteiger partial charge in [-0.25, -0.2) is 0 Å². The summed E-state index contributed by atoms with van der Waals surface area (Å²) in [7, 11) is 0. The summed E-state index contributed by atoms with van der Waals surface area (Å²) in [6.07, 6.45) is -1.08. The third kappa shape index (κ3) is 3.89. The van der Waals surface area contributed by atoms with Gasteiger partial charge < -0.3 is 25.4 Å². The van der Waals surface area contributed by atoms with Crippen LogP contribution in [-0.4, -0.2) is 65.0 Å². The molecule has 0 spiro atoms. The van der Waals surface area contributed by atoms with Crippen molar-refractivity contribution in [3.05, 3.63) is 52.9 Å². The Bertz CT molecular complexity index is 877. The third-order valence-corrected chi connectivity index (χ3v) is 4.52. The number of hydrogen-bond donors (Lipinski definition) is 2. The highest BCUT2D eigenvalue weighted by molar-refractivity contribution is 6.01. The molecule has 3 rings (SSSR count). The molecule has 0 bridgehead atoms. The molecule has 9 heteroatoms. The first-order valence-electron chi connectivity index (χ1n) is 9.02. The minimum Gasteiger partial charge on any atom is -0.361 e. The van der Waals surface area contributed by atoms with Crippen LogP contribution in [-0.2, 0) is 4.79 Å². The number of aromatic nitrogens is 1. The number of nitrogens with two attached hydrogens (primary N) is 1. The Labute approximate surface area is 162 Å². The number of nitrogens with zero attached hydrogens (tertiary/aromatic N) is 3. The molecule has 9 nitrogen and oxygen atoms in total. The zero-order chi connectivity index (χ0) is 20.3. The molecule has 1 aliphatic heterocycles. The summed E-state index contributed by atoms with van der Waals surface area (Å²) < 4.78 is 4.97. The maximum Gasteiger partial charge on any atom is 0.278 e. The molecule has 28 heavy (non-hydrogen) atoms. The van der Waals surface area contributed by atoms with Crippen molar-refractivity contribution in [1.82, 2.24) is 20.3 Å². The van der Waals surface area contributed by atoms with Crippen molar-refractivity contribution in [1.29, 1.82) is 0 Å². The average Bonchev–Trinajstić information content (AvgIpc) is 3.32. The van der Waals surface area contributed by atoms with Gasteiger partial charge in [0.1, 0.15) is 5.76 Å². The van der Waals surface area contributed by atoms with Crippen molar-refractivity contribution in [3.63, 3.8) is 0 Å². The predicted octanol–water partition coefficient (Wildman–Crippen LogP) is 0.291. The van der Waals surface area contributed by atoms with Crippen molar-refractivity contribution >= 4 is 17.7 Å². The van der Waals surface area contributed by atoms with Gasteiger partial charge in [-0.05, 0) is 26.0 Å². The van der Waals surface area contributed by atoms with Crippen molar-refractivity contribution in [3.8, 4) is 0 Å². The van der Waals surface area contributed by atoms with Gasteiger partial charge >= 0.3 is 0 Å². The van der Waals surface area contributed by atoms with Crippen LogP contribution < -0.4 is 11.1 Å². The van der Waals surface area contributed by atoms with E-state index in [4.69, 9.17) is 10.3 Å². The molecule has 2 heterocycles. The molecule has 1 aromatic carbocycles. The van der Waals surface area contributed by atoms with Crippen molar-refractivity contribution in [2.75, 3.05) is 26.2 Å². The molecule has 0 radical (unpaired) electrons. The average molecular weight is 385 g/mol. The van der Waals surface area contributed by atoms with Crippen LogP contribution in [0.1, 0.15) is 32.2 Å². The summed E-state index contributed by atoms with van der Waals surface area (Å²) in [5.41, 5.74) is 7.04. The van der Waals surface area contributed by atoms with Gasteiger partial charge in [-0.3, -0.25) is 14.4 Å². The molecule has 3 N–H and O–H groups in total. The van der Waals surface area contributed by atoms with Crippen molar-refractivity contribution < 1.29 is 18.9 Å². The molecule has 1 aromatic heterocycles. The smallest absolute Gasteiger partial charge is 0.278 e. The van der Waals surface area contributed by atoms with E-state index in [-0.39, 0.29) is 37.8 Å². The van der Waals surface area contributed by atoms with Gasteiger partial charge in [-0.15, -0.1) is 0 Å². The first kappa shape index (κ1) is 19.6. The van der Waals surface area contributed by atoms with E-state index in [9.17, 15) is 14.4 Å². The SMILES string of the molecule is Cc1ccc(C(=O)N2CCN(C(=O)c3cc(C)on3)C2C(=O)NCCN)cc1. The van der Waals surface area contributed by atoms with Crippen LogP contribution in [0.4, 0.5) is 0 Å². The van der Waals surface area contributed by atoms with E-state index in [0.717, 1.165) is 5.56 Å². The fourth-order valence-corrected chi connectivity index (χ4v) is 3.10. The summed E-state index contributed by atoms with van der Waals surface area (Å²) in [4.78, 5) is 41.3. The second kappa shape index (κ2) is 8.22. The monoisotopic (exact) mass is 385 g/mol. The molecular weight excluding hydrogens is 362 g/mol. The largest absolute Gasteiger partial charge is 0.361 e. The van der Waals surface area contributed by atoms with Crippen LogP contribution in [0, 0.1) is 13.8 Å². The molecule has 1 atom stereocenters. The lowest BCUT2D eigenvalue weighted by molar-refractivity contribution is -0.128. The number of rotatable bonds is 5. The summed E-state index contributed by atoms with van der Waals surface area (Å²) in [6, 6.07) is 8.57. The van der Waals surface area contributed by atoms with Crippen molar-refractivity contribution in [2.24, 2.45) is 5.73 Å². The minimum atomic E-state index is -1.08. The fraction of sp³-hybridized carbons (Fsp3) is 0.368. The van der Waals surface area contributed by atoms with E-state index in [1.165, 1.54) is 15.9 Å². The van der Waals surface area contributed by atoms with E-state index in [2.05, 4.69) is 10.5 Å². The van der Waals surface area contributed by atoms with Crippen LogP contribution >= 0.6 is 0 Å². The first-order chi connectivity index (χ1) is 13.4. The van der Waals surface area contributed by atoms with Gasteiger partial charge in [0.25, 0.3) is 17.7 Å². The maximum atomic E-state index is 13.0. The van der Waals surface area contributed by atoms with E-state index in [0.29, 0.717) is 11.3 Å². The van der Waals surface area contributed by atoms with Crippen molar-refractivity contribution in [2.45, 2.75) is 20.0 Å². The van der Waals surface area contributed by atoms with Gasteiger partial charge in [-0.2, -0.15) is 0 Å². The van der Waals surface area contributed by atoms with Gasteiger partial charge in [-0.1, -0.05) is 22.9 Å². The minimum absolute atomic E-state index is 0.0961. The summed E-state index contributed by atoms with van der Waals surface area (Å²) in [5.74, 6) is -0.764. The van der Waals surface area contributed by atoms with Gasteiger partial charge in [0.2, 0.25) is 0 Å². The lowest BCUT2D eigenvalue weighted by Crippen LogP contribution is -2.54. The first-order valence-corrected chi connectivity index (χ1v) is 9.02. The van der Waals surface area contributed by atoms with Crippen LogP contribution in [0.15, 0.2) is 34.9 Å². The van der Waals surface area contributed by atoms with Gasteiger partial charge in [0, 0.05) is 37.8 Å². The molecule has 3 amide bonds. The second-order valence-electron chi connectivity index (χ2n) is 6.64. The Balaban J connectivity index is 1.88. The number of hydrogen-bond acceptors (Lipinski definition) is 6. The Morgan fingerprint density at radius 1 is 1.14 bits per heavy atom. The normalized spacial score (nSPS) is 16.3. The molecule has 0 saturated carbocycles. The second-order valence-corrected chi connectivity index (χ2v) is 6.64. The Hall–Kier alpha value is -3.20. The number of aryl methyl sites for hydroxylation is 2. The summed E-state index contributed by atoms with van der Waals surface area (Å²) in [6.45, 7) is 4.53. The van der Waals surface area contributed by atoms with E-state index in [1.54, 1.807) is 19.1 Å². The van der Waals surface area contributed by atoms with Crippen LogP contribution in [0.25, 0.3) is 0 Å². The topological polar surface area (TPSA) is 122 Å². The Morgan fingerprint density at radius 2 is 1.79 bits per heavy atom. The molecule has 1 unspecified atom stereocenters. The molecule has 2 aromatic rings.